The van der Waals surface area contributed by atoms with Crippen molar-refractivity contribution in [3.8, 4) is 11.1 Å². The Hall–Kier alpha value is -1.71. The number of nitrogens with one attached hydrogen (secondary N) is 1. The number of aromatic nitrogens is 1. The number of ether oxygens (including phenoxy) is 1. The van der Waals surface area contributed by atoms with Crippen molar-refractivity contribution in [2.24, 2.45) is 0 Å². The Labute approximate surface area is 113 Å². The first kappa shape index (κ1) is 12.3. The van der Waals surface area contributed by atoms with Crippen LogP contribution < -0.4 is 5.32 Å². The monoisotopic (exact) mass is 253 g/mol. The lowest BCUT2D eigenvalue weighted by atomic mass is 9.96. The number of hydrogen-bond donors (Lipinski definition) is 1. The van der Waals surface area contributed by atoms with Crippen LogP contribution >= 0.6 is 0 Å². The molecule has 3 rings (SSSR count). The third-order valence-corrected chi connectivity index (χ3v) is 3.37. The summed E-state index contributed by atoms with van der Waals surface area (Å²) >= 11 is 0. The molecule has 1 saturated heterocycles. The van der Waals surface area contributed by atoms with Crippen molar-refractivity contribution in [2.75, 3.05) is 19.7 Å². The van der Waals surface area contributed by atoms with E-state index < -0.39 is 0 Å². The molecule has 1 fully saturated rings. The van der Waals surface area contributed by atoms with Crippen molar-refractivity contribution >= 4 is 0 Å². The van der Waals surface area contributed by atoms with Crippen LogP contribution in [0.4, 0.5) is 0 Å². The Kier molecular flexibility index (Phi) is 3.86. The highest BCUT2D eigenvalue weighted by Gasteiger charge is 2.16. The Morgan fingerprint density at radius 3 is 3.00 bits per heavy atom. The van der Waals surface area contributed by atoms with Gasteiger partial charge in [-0.05, 0) is 17.2 Å². The highest BCUT2D eigenvalue weighted by molar-refractivity contribution is 5.65. The molecular weight excluding hydrogens is 236 g/mol. The van der Waals surface area contributed by atoms with Crippen molar-refractivity contribution in [2.45, 2.75) is 12.5 Å². The van der Waals surface area contributed by atoms with Gasteiger partial charge in [0, 0.05) is 31.3 Å². The molecule has 1 atom stereocenters. The van der Waals surface area contributed by atoms with Crippen molar-refractivity contribution in [1.82, 2.24) is 10.3 Å². The van der Waals surface area contributed by atoms with Crippen molar-refractivity contribution in [3.05, 3.63) is 54.4 Å². The molecule has 1 N–H and O–H groups in total. The third kappa shape index (κ3) is 3.00. The third-order valence-electron chi connectivity index (χ3n) is 3.37. The zero-order valence-electron chi connectivity index (χ0n) is 10.8. The van der Waals surface area contributed by atoms with Gasteiger partial charge in [0.25, 0.3) is 0 Å². The average molecular weight is 253 g/mol. The topological polar surface area (TPSA) is 34.2 Å². The zero-order valence-corrected chi connectivity index (χ0v) is 10.8. The summed E-state index contributed by atoms with van der Waals surface area (Å²) in [6.07, 6.45) is 5.98. The normalized spacial score (nSPS) is 19.3. The van der Waals surface area contributed by atoms with Crippen molar-refractivity contribution in [3.63, 3.8) is 0 Å². The molecule has 3 nitrogen and oxygen atoms in total. The van der Waals surface area contributed by atoms with Crippen LogP contribution in [0, 0.1) is 6.20 Å². The van der Waals surface area contributed by atoms with E-state index in [-0.39, 0.29) is 6.10 Å². The highest BCUT2D eigenvalue weighted by Crippen LogP contribution is 2.24. The van der Waals surface area contributed by atoms with E-state index in [9.17, 15) is 0 Å². The van der Waals surface area contributed by atoms with Gasteiger partial charge in [-0.15, -0.1) is 0 Å². The van der Waals surface area contributed by atoms with Gasteiger partial charge < -0.3 is 10.1 Å². The highest BCUT2D eigenvalue weighted by atomic mass is 16.5. The Balaban J connectivity index is 1.85. The van der Waals surface area contributed by atoms with E-state index in [0.717, 1.165) is 31.7 Å². The molecular formula is C16H17N2O. The minimum absolute atomic E-state index is 0.256. The second-order valence-corrected chi connectivity index (χ2v) is 4.72. The van der Waals surface area contributed by atoms with Gasteiger partial charge in [0.2, 0.25) is 0 Å². The van der Waals surface area contributed by atoms with Gasteiger partial charge >= 0.3 is 0 Å². The fourth-order valence-corrected chi connectivity index (χ4v) is 2.43. The van der Waals surface area contributed by atoms with Gasteiger partial charge in [-0.25, -0.2) is 0 Å². The second-order valence-electron chi connectivity index (χ2n) is 4.72. The first-order valence-electron chi connectivity index (χ1n) is 6.67. The smallest absolute Gasteiger partial charge is 0.0970 e. The van der Waals surface area contributed by atoms with Crippen LogP contribution in [-0.2, 0) is 11.2 Å². The molecule has 19 heavy (non-hydrogen) atoms. The van der Waals surface area contributed by atoms with Gasteiger partial charge in [0.1, 0.15) is 0 Å². The van der Waals surface area contributed by atoms with Crippen LogP contribution in [-0.4, -0.2) is 30.8 Å². The van der Waals surface area contributed by atoms with Crippen molar-refractivity contribution < 1.29 is 4.74 Å². The molecule has 1 aliphatic heterocycles. The quantitative estimate of drug-likeness (QED) is 0.909. The van der Waals surface area contributed by atoms with Crippen molar-refractivity contribution in [1.29, 1.82) is 0 Å². The van der Waals surface area contributed by atoms with Gasteiger partial charge in [0.15, 0.2) is 0 Å². The molecule has 3 heteroatoms. The van der Waals surface area contributed by atoms with Gasteiger partial charge in [-0.2, -0.15) is 0 Å². The molecule has 2 aromatic rings. The Morgan fingerprint density at radius 1 is 1.26 bits per heavy atom. The van der Waals surface area contributed by atoms with E-state index in [1.165, 1.54) is 11.1 Å². The Bertz CT molecular complexity index is 521. The zero-order chi connectivity index (χ0) is 12.9. The molecule has 0 aliphatic carbocycles. The molecule has 1 radical (unpaired) electrons. The maximum absolute atomic E-state index is 5.78. The largest absolute Gasteiger partial charge is 0.375 e. The maximum Gasteiger partial charge on any atom is 0.0970 e. The number of hydrogen-bond acceptors (Lipinski definition) is 3. The van der Waals surface area contributed by atoms with E-state index in [1.54, 1.807) is 6.20 Å². The summed E-state index contributed by atoms with van der Waals surface area (Å²) in [6.45, 7) is 2.67. The summed E-state index contributed by atoms with van der Waals surface area (Å²) in [5.74, 6) is 0. The van der Waals surface area contributed by atoms with Crippen LogP contribution in [0.5, 0.6) is 0 Å². The van der Waals surface area contributed by atoms with Crippen LogP contribution in [0.25, 0.3) is 11.1 Å². The molecule has 1 unspecified atom stereocenters. The number of rotatable bonds is 3. The number of benzene rings is 1. The summed E-state index contributed by atoms with van der Waals surface area (Å²) in [4.78, 5) is 4.08. The number of nitrogens with zero attached hydrogens (tertiary/aromatic N) is 1. The average Bonchev–Trinajstić information content (AvgIpc) is 2.50. The minimum Gasteiger partial charge on any atom is -0.375 e. The molecule has 97 valence electrons. The predicted octanol–water partition coefficient (Wildman–Crippen LogP) is 2.08. The molecule has 1 aromatic carbocycles. The maximum atomic E-state index is 5.78. The molecule has 0 saturated carbocycles. The van der Waals surface area contributed by atoms with E-state index in [1.807, 2.05) is 12.1 Å². The predicted molar refractivity (Wildman–Crippen MR) is 74.8 cm³/mol. The van der Waals surface area contributed by atoms with Gasteiger partial charge in [0.05, 0.1) is 18.9 Å². The number of pyridine rings is 1. The van der Waals surface area contributed by atoms with Crippen LogP contribution in [0.15, 0.2) is 42.6 Å². The summed E-state index contributed by atoms with van der Waals surface area (Å²) in [6, 6.07) is 12.4. The lowest BCUT2D eigenvalue weighted by molar-refractivity contribution is 0.0293. The van der Waals surface area contributed by atoms with Crippen LogP contribution in [0.2, 0.25) is 0 Å². The summed E-state index contributed by atoms with van der Waals surface area (Å²) < 4.78 is 5.78. The fourth-order valence-electron chi connectivity index (χ4n) is 2.43. The van der Waals surface area contributed by atoms with Crippen LogP contribution in [0.1, 0.15) is 5.56 Å². The first-order chi connectivity index (χ1) is 9.43. The first-order valence-corrected chi connectivity index (χ1v) is 6.67. The van der Waals surface area contributed by atoms with Gasteiger partial charge in [-0.3, -0.25) is 4.98 Å². The Morgan fingerprint density at radius 2 is 2.21 bits per heavy atom. The lowest BCUT2D eigenvalue weighted by Gasteiger charge is -2.24. The standard InChI is InChI=1S/C16H17N2O/c1-2-6-16(14-5-3-7-17-11-14)13(4-1)10-15-12-18-8-9-19-15/h1-7,15,18H,8-10,12H2. The molecule has 0 amide bonds. The summed E-state index contributed by atoms with van der Waals surface area (Å²) in [7, 11) is 0. The molecule has 0 bridgehead atoms. The molecule has 1 aliphatic rings. The molecule has 2 heterocycles. The SMILES string of the molecule is [c]1ncccc1-c1ccccc1CC1CNCCO1. The summed E-state index contributed by atoms with van der Waals surface area (Å²) in [5.41, 5.74) is 3.53. The minimum atomic E-state index is 0.256. The van der Waals surface area contributed by atoms with E-state index in [4.69, 9.17) is 4.74 Å². The van der Waals surface area contributed by atoms with E-state index in [0.29, 0.717) is 0 Å². The van der Waals surface area contributed by atoms with Crippen LogP contribution in [0.3, 0.4) is 0 Å². The molecule has 1 aromatic heterocycles. The molecule has 0 spiro atoms. The van der Waals surface area contributed by atoms with Gasteiger partial charge in [-0.1, -0.05) is 30.3 Å². The second kappa shape index (κ2) is 5.95. The van der Waals surface area contributed by atoms with E-state index >= 15 is 0 Å². The fraction of sp³-hybridized carbons (Fsp3) is 0.312. The van der Waals surface area contributed by atoms with E-state index in [2.05, 4.69) is 40.8 Å². The number of morpholine rings is 1. The summed E-state index contributed by atoms with van der Waals surface area (Å²) in [5, 5.41) is 3.37. The lowest BCUT2D eigenvalue weighted by Crippen LogP contribution is -2.39.